The highest BCUT2D eigenvalue weighted by Crippen LogP contribution is 2.35. The third-order valence-corrected chi connectivity index (χ3v) is 5.67. The van der Waals surface area contributed by atoms with Crippen LogP contribution in [0.5, 0.6) is 11.5 Å². The second-order valence-corrected chi connectivity index (χ2v) is 8.17. The first kappa shape index (κ1) is 22.3. The number of carbonyl (C=O) groups excluding carboxylic acids is 1. The van der Waals surface area contributed by atoms with Gasteiger partial charge in [0.05, 0.1) is 30.2 Å². The molecule has 8 heteroatoms. The first-order chi connectivity index (χ1) is 15.8. The van der Waals surface area contributed by atoms with Crippen LogP contribution < -0.4 is 9.47 Å². The SMILES string of the molecule is COc1c(C#N)ccc(OC(C)C)c1C(=O)N1CCc2nn(-c3ccc(F)cc3)c(C)c2C1. The summed E-state index contributed by atoms with van der Waals surface area (Å²) < 4.78 is 26.5. The molecule has 1 amide bonds. The third-order valence-electron chi connectivity index (χ3n) is 5.67. The maximum atomic E-state index is 13.7. The molecule has 0 saturated carbocycles. The number of nitrogens with zero attached hydrogens (tertiary/aromatic N) is 4. The van der Waals surface area contributed by atoms with Gasteiger partial charge in [0, 0.05) is 30.8 Å². The van der Waals surface area contributed by atoms with Crippen LogP contribution in [-0.2, 0) is 13.0 Å². The average molecular weight is 448 g/mol. The van der Waals surface area contributed by atoms with Crippen LogP contribution in [0.3, 0.4) is 0 Å². The third kappa shape index (κ3) is 4.14. The van der Waals surface area contributed by atoms with Crippen molar-refractivity contribution in [1.29, 1.82) is 5.26 Å². The molecule has 0 bridgehead atoms. The van der Waals surface area contributed by atoms with Crippen LogP contribution >= 0.6 is 0 Å². The van der Waals surface area contributed by atoms with Crippen molar-refractivity contribution < 1.29 is 18.7 Å². The topological polar surface area (TPSA) is 80.4 Å². The molecule has 0 radical (unpaired) electrons. The Hall–Kier alpha value is -3.86. The summed E-state index contributed by atoms with van der Waals surface area (Å²) >= 11 is 0. The summed E-state index contributed by atoms with van der Waals surface area (Å²) in [5.74, 6) is 0.0257. The molecule has 0 N–H and O–H groups in total. The van der Waals surface area contributed by atoms with Crippen molar-refractivity contribution in [2.75, 3.05) is 13.7 Å². The number of nitriles is 1. The Morgan fingerprint density at radius 3 is 2.58 bits per heavy atom. The lowest BCUT2D eigenvalue weighted by Crippen LogP contribution is -2.36. The van der Waals surface area contributed by atoms with Gasteiger partial charge in [0.25, 0.3) is 5.91 Å². The molecule has 0 unspecified atom stereocenters. The van der Waals surface area contributed by atoms with Gasteiger partial charge < -0.3 is 14.4 Å². The lowest BCUT2D eigenvalue weighted by atomic mass is 10.0. The summed E-state index contributed by atoms with van der Waals surface area (Å²) in [5.41, 5.74) is 4.05. The zero-order chi connectivity index (χ0) is 23.7. The summed E-state index contributed by atoms with van der Waals surface area (Å²) in [5, 5.41) is 14.2. The van der Waals surface area contributed by atoms with Crippen LogP contribution in [0.15, 0.2) is 36.4 Å². The molecule has 0 spiro atoms. The van der Waals surface area contributed by atoms with Crippen LogP contribution in [0.4, 0.5) is 4.39 Å². The zero-order valence-corrected chi connectivity index (χ0v) is 19.1. The fraction of sp³-hybridized carbons (Fsp3) is 0.320. The largest absolute Gasteiger partial charge is 0.494 e. The molecule has 4 rings (SSSR count). The quantitative estimate of drug-likeness (QED) is 0.585. The van der Waals surface area contributed by atoms with E-state index >= 15 is 0 Å². The Labute approximate surface area is 192 Å². The van der Waals surface area contributed by atoms with Crippen molar-refractivity contribution in [3.63, 3.8) is 0 Å². The van der Waals surface area contributed by atoms with Crippen LogP contribution in [0.25, 0.3) is 5.69 Å². The Morgan fingerprint density at radius 2 is 1.94 bits per heavy atom. The minimum atomic E-state index is -0.307. The van der Waals surface area contributed by atoms with E-state index in [0.29, 0.717) is 25.3 Å². The average Bonchev–Trinajstić information content (AvgIpc) is 3.14. The maximum Gasteiger partial charge on any atom is 0.261 e. The van der Waals surface area contributed by atoms with E-state index in [4.69, 9.17) is 14.6 Å². The Bertz CT molecular complexity index is 1240. The molecule has 1 aromatic heterocycles. The fourth-order valence-electron chi connectivity index (χ4n) is 4.09. The number of rotatable bonds is 5. The number of hydrogen-bond donors (Lipinski definition) is 0. The number of fused-ring (bicyclic) bond motifs is 1. The highest BCUT2D eigenvalue weighted by molar-refractivity contribution is 6.00. The number of carbonyl (C=O) groups is 1. The molecule has 0 atom stereocenters. The number of halogens is 1. The van der Waals surface area contributed by atoms with Crippen molar-refractivity contribution in [3.05, 3.63) is 70.3 Å². The number of methoxy groups -OCH3 is 1. The van der Waals surface area contributed by atoms with Gasteiger partial charge in [0.15, 0.2) is 5.75 Å². The monoisotopic (exact) mass is 448 g/mol. The molecular weight excluding hydrogens is 423 g/mol. The van der Waals surface area contributed by atoms with E-state index < -0.39 is 0 Å². The predicted octanol–water partition coefficient (Wildman–Crippen LogP) is 4.19. The second-order valence-electron chi connectivity index (χ2n) is 8.17. The van der Waals surface area contributed by atoms with Gasteiger partial charge in [-0.2, -0.15) is 10.4 Å². The molecule has 1 aliphatic heterocycles. The molecule has 2 aromatic carbocycles. The minimum Gasteiger partial charge on any atom is -0.494 e. The van der Waals surface area contributed by atoms with Gasteiger partial charge in [-0.1, -0.05) is 0 Å². The number of amides is 1. The number of hydrogen-bond acceptors (Lipinski definition) is 5. The van der Waals surface area contributed by atoms with Crippen molar-refractivity contribution in [2.24, 2.45) is 0 Å². The summed E-state index contributed by atoms with van der Waals surface area (Å²) in [7, 11) is 1.44. The zero-order valence-electron chi connectivity index (χ0n) is 19.1. The minimum absolute atomic E-state index is 0.154. The molecule has 0 fully saturated rings. The smallest absolute Gasteiger partial charge is 0.261 e. The van der Waals surface area contributed by atoms with E-state index in [1.54, 1.807) is 33.8 Å². The van der Waals surface area contributed by atoms with Gasteiger partial charge in [-0.05, 0) is 57.2 Å². The Kier molecular flexibility index (Phi) is 6.05. The molecule has 1 aliphatic rings. The van der Waals surface area contributed by atoms with Crippen molar-refractivity contribution in [1.82, 2.24) is 14.7 Å². The summed E-state index contributed by atoms with van der Waals surface area (Å²) in [4.78, 5) is 15.4. The summed E-state index contributed by atoms with van der Waals surface area (Å²) in [6.07, 6.45) is 0.426. The van der Waals surface area contributed by atoms with Crippen LogP contribution in [0.2, 0.25) is 0 Å². The fourth-order valence-corrected chi connectivity index (χ4v) is 4.09. The first-order valence-electron chi connectivity index (χ1n) is 10.7. The lowest BCUT2D eigenvalue weighted by molar-refractivity contribution is 0.0724. The van der Waals surface area contributed by atoms with Gasteiger partial charge >= 0.3 is 0 Å². The summed E-state index contributed by atoms with van der Waals surface area (Å²) in [6.45, 7) is 6.51. The molecule has 33 heavy (non-hydrogen) atoms. The number of ether oxygens (including phenoxy) is 2. The lowest BCUT2D eigenvalue weighted by Gasteiger charge is -2.28. The maximum absolute atomic E-state index is 13.7. The molecular formula is C25H25FN4O3. The summed E-state index contributed by atoms with van der Waals surface area (Å²) in [6, 6.07) is 11.5. The van der Waals surface area contributed by atoms with Gasteiger partial charge in [-0.3, -0.25) is 4.79 Å². The van der Waals surface area contributed by atoms with Gasteiger partial charge in [0.1, 0.15) is 23.2 Å². The Balaban J connectivity index is 1.70. The Morgan fingerprint density at radius 1 is 1.21 bits per heavy atom. The standard InChI is InChI=1S/C25H25FN4O3/c1-15(2)33-22-10-5-17(13-27)24(32-4)23(22)25(31)29-12-11-21-20(14-29)16(3)30(28-21)19-8-6-18(26)7-9-19/h5-10,15H,11-12,14H2,1-4H3. The van der Waals surface area contributed by atoms with Crippen LogP contribution in [0.1, 0.15) is 46.7 Å². The van der Waals surface area contributed by atoms with E-state index in [1.807, 2.05) is 20.8 Å². The van der Waals surface area contributed by atoms with Gasteiger partial charge in [-0.15, -0.1) is 0 Å². The first-order valence-corrected chi connectivity index (χ1v) is 10.7. The van der Waals surface area contributed by atoms with Crippen molar-refractivity contribution in [2.45, 2.75) is 39.8 Å². The molecule has 3 aromatic rings. The van der Waals surface area contributed by atoms with E-state index in [1.165, 1.54) is 19.2 Å². The molecule has 0 saturated heterocycles. The number of benzene rings is 2. The van der Waals surface area contributed by atoms with Crippen molar-refractivity contribution in [3.8, 4) is 23.3 Å². The molecule has 170 valence electrons. The van der Waals surface area contributed by atoms with E-state index in [2.05, 4.69) is 6.07 Å². The second kappa shape index (κ2) is 8.94. The predicted molar refractivity (Wildman–Crippen MR) is 120 cm³/mol. The van der Waals surface area contributed by atoms with E-state index in [0.717, 1.165) is 22.6 Å². The highest BCUT2D eigenvalue weighted by atomic mass is 19.1. The molecule has 0 aliphatic carbocycles. The van der Waals surface area contributed by atoms with Crippen molar-refractivity contribution >= 4 is 5.91 Å². The van der Waals surface area contributed by atoms with E-state index in [-0.39, 0.29) is 34.7 Å². The number of aromatic nitrogens is 2. The van der Waals surface area contributed by atoms with Gasteiger partial charge in [-0.25, -0.2) is 9.07 Å². The normalized spacial score (nSPS) is 12.9. The van der Waals surface area contributed by atoms with Crippen LogP contribution in [-0.4, -0.2) is 40.3 Å². The molecule has 2 heterocycles. The molecule has 7 nitrogen and oxygen atoms in total. The van der Waals surface area contributed by atoms with Crippen LogP contribution in [0, 0.1) is 24.1 Å². The van der Waals surface area contributed by atoms with E-state index in [9.17, 15) is 14.4 Å². The highest BCUT2D eigenvalue weighted by Gasteiger charge is 2.31. The van der Waals surface area contributed by atoms with Gasteiger partial charge in [0.2, 0.25) is 0 Å².